The number of rotatable bonds is 5. The van der Waals surface area contributed by atoms with Gasteiger partial charge < -0.3 is 15.2 Å². The number of carboxylic acids is 1. The van der Waals surface area contributed by atoms with Gasteiger partial charge in [0.2, 0.25) is 0 Å². The summed E-state index contributed by atoms with van der Waals surface area (Å²) >= 11 is 0. The van der Waals surface area contributed by atoms with Crippen LogP contribution in [0.3, 0.4) is 0 Å². The second-order valence-corrected chi connectivity index (χ2v) is 6.45. The molecule has 2 aromatic rings. The molecule has 24 heavy (non-hydrogen) atoms. The number of carbonyl (C=O) groups is 2. The maximum atomic E-state index is 12.4. The van der Waals surface area contributed by atoms with Crippen LogP contribution in [0.5, 0.6) is 5.75 Å². The van der Waals surface area contributed by atoms with Crippen LogP contribution in [0, 0.1) is 0 Å². The molecule has 0 spiro atoms. The molecular weight excluding hydrogens is 310 g/mol. The summed E-state index contributed by atoms with van der Waals surface area (Å²) in [6.07, 6.45) is 0. The van der Waals surface area contributed by atoms with E-state index < -0.39 is 12.6 Å². The molecule has 0 radical (unpaired) electrons. The largest absolute Gasteiger partial charge is 0.482 e. The molecule has 7 heteroatoms. The predicted molar refractivity (Wildman–Crippen MR) is 89.4 cm³/mol. The summed E-state index contributed by atoms with van der Waals surface area (Å²) in [5.41, 5.74) is 1.75. The third-order valence-electron chi connectivity index (χ3n) is 3.36. The standard InChI is InChI=1S/C17H21N3O4/c1-17(2,3)14-9-13(20(4)19-14)16(23)18-11-5-7-12(8-6-11)24-10-15(21)22/h5-9H,10H2,1-4H3,(H,18,23)(H,21,22). The first kappa shape index (κ1) is 17.5. The number of nitrogens with zero attached hydrogens (tertiary/aromatic N) is 2. The Morgan fingerprint density at radius 2 is 1.88 bits per heavy atom. The van der Waals surface area contributed by atoms with Crippen molar-refractivity contribution in [3.63, 3.8) is 0 Å². The maximum Gasteiger partial charge on any atom is 0.341 e. The Balaban J connectivity index is 2.07. The van der Waals surface area contributed by atoms with Crippen LogP contribution >= 0.6 is 0 Å². The zero-order valence-electron chi connectivity index (χ0n) is 14.2. The van der Waals surface area contributed by atoms with Gasteiger partial charge in [-0.05, 0) is 30.3 Å². The van der Waals surface area contributed by atoms with E-state index in [1.54, 1.807) is 42.1 Å². The average molecular weight is 331 g/mol. The van der Waals surface area contributed by atoms with Crippen LogP contribution in [0.15, 0.2) is 30.3 Å². The second kappa shape index (κ2) is 6.74. The minimum absolute atomic E-state index is 0.139. The first-order chi connectivity index (χ1) is 11.2. The van der Waals surface area contributed by atoms with Gasteiger partial charge in [-0.25, -0.2) is 4.79 Å². The molecule has 1 heterocycles. The van der Waals surface area contributed by atoms with Gasteiger partial charge in [-0.2, -0.15) is 5.10 Å². The molecule has 0 saturated heterocycles. The average Bonchev–Trinajstić information content (AvgIpc) is 2.88. The lowest BCUT2D eigenvalue weighted by atomic mass is 9.92. The highest BCUT2D eigenvalue weighted by Gasteiger charge is 2.21. The number of carbonyl (C=O) groups excluding carboxylic acids is 1. The van der Waals surface area contributed by atoms with Gasteiger partial charge in [0.05, 0.1) is 5.69 Å². The Kier molecular flexibility index (Phi) is 4.92. The molecule has 1 amide bonds. The highest BCUT2D eigenvalue weighted by atomic mass is 16.5. The van der Waals surface area contributed by atoms with Crippen LogP contribution in [0.2, 0.25) is 0 Å². The fourth-order valence-corrected chi connectivity index (χ4v) is 2.02. The summed E-state index contributed by atoms with van der Waals surface area (Å²) < 4.78 is 6.60. The number of carboxylic acid groups (broad SMARTS) is 1. The van der Waals surface area contributed by atoms with Crippen LogP contribution in [0.1, 0.15) is 37.0 Å². The van der Waals surface area contributed by atoms with Gasteiger partial charge in [0, 0.05) is 18.2 Å². The van der Waals surface area contributed by atoms with Crippen molar-refractivity contribution in [3.05, 3.63) is 41.7 Å². The van der Waals surface area contributed by atoms with Crippen molar-refractivity contribution in [3.8, 4) is 5.75 Å². The van der Waals surface area contributed by atoms with E-state index in [9.17, 15) is 9.59 Å². The highest BCUT2D eigenvalue weighted by molar-refractivity contribution is 6.03. The smallest absolute Gasteiger partial charge is 0.341 e. The molecular formula is C17H21N3O4. The minimum atomic E-state index is -1.04. The van der Waals surface area contributed by atoms with Crippen LogP contribution < -0.4 is 10.1 Å². The first-order valence-electron chi connectivity index (χ1n) is 7.47. The van der Waals surface area contributed by atoms with Crippen LogP contribution in [-0.4, -0.2) is 33.4 Å². The quantitative estimate of drug-likeness (QED) is 0.877. The van der Waals surface area contributed by atoms with Gasteiger partial charge in [-0.3, -0.25) is 9.48 Å². The third kappa shape index (κ3) is 4.34. The second-order valence-electron chi connectivity index (χ2n) is 6.45. The molecule has 0 fully saturated rings. The number of nitrogens with one attached hydrogen (secondary N) is 1. The molecule has 0 atom stereocenters. The molecule has 0 aliphatic heterocycles. The lowest BCUT2D eigenvalue weighted by Gasteiger charge is -2.13. The zero-order chi connectivity index (χ0) is 17.9. The van der Waals surface area contributed by atoms with E-state index in [1.807, 2.05) is 20.8 Å². The van der Waals surface area contributed by atoms with Crippen molar-refractivity contribution in [2.45, 2.75) is 26.2 Å². The van der Waals surface area contributed by atoms with Gasteiger partial charge in [-0.1, -0.05) is 20.8 Å². The molecule has 0 aliphatic carbocycles. The Labute approximate surface area is 140 Å². The number of hydrogen-bond donors (Lipinski definition) is 2. The predicted octanol–water partition coefficient (Wildman–Crippen LogP) is 2.43. The molecule has 1 aromatic carbocycles. The fourth-order valence-electron chi connectivity index (χ4n) is 2.02. The third-order valence-corrected chi connectivity index (χ3v) is 3.36. The molecule has 2 N–H and O–H groups in total. The molecule has 128 valence electrons. The van der Waals surface area contributed by atoms with E-state index in [0.717, 1.165) is 5.69 Å². The molecule has 0 saturated carbocycles. The molecule has 1 aromatic heterocycles. The molecule has 7 nitrogen and oxygen atoms in total. The number of benzene rings is 1. The Morgan fingerprint density at radius 3 is 2.38 bits per heavy atom. The zero-order valence-corrected chi connectivity index (χ0v) is 14.2. The summed E-state index contributed by atoms with van der Waals surface area (Å²) in [7, 11) is 1.73. The molecule has 0 bridgehead atoms. The minimum Gasteiger partial charge on any atom is -0.482 e. The number of amides is 1. The van der Waals surface area contributed by atoms with Crippen molar-refractivity contribution in [2.24, 2.45) is 7.05 Å². The number of ether oxygens (including phenoxy) is 1. The Morgan fingerprint density at radius 1 is 1.25 bits per heavy atom. The topological polar surface area (TPSA) is 93.5 Å². The van der Waals surface area contributed by atoms with E-state index in [0.29, 0.717) is 17.1 Å². The lowest BCUT2D eigenvalue weighted by Crippen LogP contribution is -2.16. The summed E-state index contributed by atoms with van der Waals surface area (Å²) in [6.45, 7) is 5.70. The van der Waals surface area contributed by atoms with Crippen LogP contribution in [-0.2, 0) is 17.3 Å². The van der Waals surface area contributed by atoms with Gasteiger partial charge in [0.15, 0.2) is 6.61 Å². The number of aromatic nitrogens is 2. The molecule has 0 unspecified atom stereocenters. The number of aryl methyl sites for hydroxylation is 1. The highest BCUT2D eigenvalue weighted by Crippen LogP contribution is 2.22. The normalized spacial score (nSPS) is 11.2. The van der Waals surface area contributed by atoms with Crippen molar-refractivity contribution in [2.75, 3.05) is 11.9 Å². The van der Waals surface area contributed by atoms with E-state index in [2.05, 4.69) is 10.4 Å². The summed E-state index contributed by atoms with van der Waals surface area (Å²) in [4.78, 5) is 22.9. The van der Waals surface area contributed by atoms with Gasteiger partial charge in [-0.15, -0.1) is 0 Å². The number of aliphatic carboxylic acids is 1. The van der Waals surface area contributed by atoms with E-state index in [-0.39, 0.29) is 11.3 Å². The Bertz CT molecular complexity index is 742. The first-order valence-corrected chi connectivity index (χ1v) is 7.47. The molecule has 0 aliphatic rings. The lowest BCUT2D eigenvalue weighted by molar-refractivity contribution is -0.139. The van der Waals surface area contributed by atoms with Gasteiger partial charge in [0.1, 0.15) is 11.4 Å². The Hall–Kier alpha value is -2.83. The molecule has 2 rings (SSSR count). The number of anilines is 1. The summed E-state index contributed by atoms with van der Waals surface area (Å²) in [6, 6.07) is 8.27. The van der Waals surface area contributed by atoms with Crippen molar-refractivity contribution >= 4 is 17.6 Å². The van der Waals surface area contributed by atoms with E-state index in [1.165, 1.54) is 0 Å². The summed E-state index contributed by atoms with van der Waals surface area (Å²) in [5, 5.41) is 15.7. The van der Waals surface area contributed by atoms with Gasteiger partial charge in [0.25, 0.3) is 5.91 Å². The number of hydrogen-bond acceptors (Lipinski definition) is 4. The van der Waals surface area contributed by atoms with Crippen molar-refractivity contribution in [1.82, 2.24) is 9.78 Å². The fraction of sp³-hybridized carbons (Fsp3) is 0.353. The van der Waals surface area contributed by atoms with E-state index >= 15 is 0 Å². The van der Waals surface area contributed by atoms with Gasteiger partial charge >= 0.3 is 5.97 Å². The SMILES string of the molecule is Cn1nc(C(C)(C)C)cc1C(=O)Nc1ccc(OCC(=O)O)cc1. The van der Waals surface area contributed by atoms with E-state index in [4.69, 9.17) is 9.84 Å². The van der Waals surface area contributed by atoms with Crippen LogP contribution in [0.25, 0.3) is 0 Å². The van der Waals surface area contributed by atoms with Crippen molar-refractivity contribution < 1.29 is 19.4 Å². The maximum absolute atomic E-state index is 12.4. The van der Waals surface area contributed by atoms with Crippen LogP contribution in [0.4, 0.5) is 5.69 Å². The monoisotopic (exact) mass is 331 g/mol. The summed E-state index contributed by atoms with van der Waals surface area (Å²) in [5.74, 6) is -0.885. The van der Waals surface area contributed by atoms with Crippen molar-refractivity contribution in [1.29, 1.82) is 0 Å².